The molecule has 2 aromatic rings. The maximum absolute atomic E-state index is 5.90. The highest BCUT2D eigenvalue weighted by Crippen LogP contribution is 2.22. The number of hydrogen-bond donors (Lipinski definition) is 1. The van der Waals surface area contributed by atoms with Gasteiger partial charge in [0.1, 0.15) is 0 Å². The predicted octanol–water partition coefficient (Wildman–Crippen LogP) is 3.73. The van der Waals surface area contributed by atoms with Crippen molar-refractivity contribution in [2.24, 2.45) is 0 Å². The van der Waals surface area contributed by atoms with Gasteiger partial charge in [0.2, 0.25) is 0 Å². The van der Waals surface area contributed by atoms with Crippen molar-refractivity contribution in [2.45, 2.75) is 13.1 Å². The van der Waals surface area contributed by atoms with Crippen molar-refractivity contribution in [1.82, 2.24) is 4.90 Å². The van der Waals surface area contributed by atoms with E-state index in [-0.39, 0.29) is 0 Å². The van der Waals surface area contributed by atoms with Gasteiger partial charge >= 0.3 is 0 Å². The van der Waals surface area contributed by atoms with Crippen LogP contribution in [0.3, 0.4) is 0 Å². The monoisotopic (exact) mass is 258 g/mol. The second kappa shape index (κ2) is 5.01. The SMILES string of the molecule is Clc1ccc(CN2CNc3ccccc3C2)cc1. The minimum atomic E-state index is 0.792. The largest absolute Gasteiger partial charge is 0.372 e. The number of nitrogens with one attached hydrogen (secondary N) is 1. The molecule has 0 aliphatic carbocycles. The molecule has 0 spiro atoms. The molecule has 0 atom stereocenters. The molecule has 92 valence electrons. The lowest BCUT2D eigenvalue weighted by atomic mass is 10.1. The first kappa shape index (κ1) is 11.6. The van der Waals surface area contributed by atoms with Crippen LogP contribution < -0.4 is 5.32 Å². The van der Waals surface area contributed by atoms with Crippen LogP contribution in [0.4, 0.5) is 5.69 Å². The Bertz CT molecular complexity index is 536. The van der Waals surface area contributed by atoms with Gasteiger partial charge in [0.15, 0.2) is 0 Å². The molecule has 1 heterocycles. The van der Waals surface area contributed by atoms with Crippen LogP contribution in [0.2, 0.25) is 5.02 Å². The number of halogens is 1. The van der Waals surface area contributed by atoms with Gasteiger partial charge in [-0.25, -0.2) is 0 Å². The van der Waals surface area contributed by atoms with Crippen molar-refractivity contribution in [3.8, 4) is 0 Å². The minimum Gasteiger partial charge on any atom is -0.372 e. The lowest BCUT2D eigenvalue weighted by molar-refractivity contribution is 0.267. The molecular weight excluding hydrogens is 244 g/mol. The molecule has 0 radical (unpaired) electrons. The zero-order valence-corrected chi connectivity index (χ0v) is 10.8. The first-order valence-corrected chi connectivity index (χ1v) is 6.48. The van der Waals surface area contributed by atoms with E-state index in [2.05, 4.69) is 46.6 Å². The number of para-hydroxylation sites is 1. The van der Waals surface area contributed by atoms with E-state index < -0.39 is 0 Å². The minimum absolute atomic E-state index is 0.792. The second-order valence-corrected chi connectivity index (χ2v) is 5.04. The summed E-state index contributed by atoms with van der Waals surface area (Å²) >= 11 is 5.90. The molecule has 1 aliphatic heterocycles. The number of rotatable bonds is 2. The van der Waals surface area contributed by atoms with Crippen LogP contribution >= 0.6 is 11.6 Å². The molecule has 2 aromatic carbocycles. The predicted molar refractivity (Wildman–Crippen MR) is 75.6 cm³/mol. The van der Waals surface area contributed by atoms with Gasteiger partial charge in [0.25, 0.3) is 0 Å². The van der Waals surface area contributed by atoms with Gasteiger partial charge in [-0.05, 0) is 29.3 Å². The third kappa shape index (κ3) is 2.50. The Morgan fingerprint density at radius 1 is 1.06 bits per heavy atom. The van der Waals surface area contributed by atoms with Crippen LogP contribution in [-0.4, -0.2) is 11.6 Å². The first-order valence-electron chi connectivity index (χ1n) is 6.10. The summed E-state index contributed by atoms with van der Waals surface area (Å²) in [7, 11) is 0. The highest BCUT2D eigenvalue weighted by Gasteiger charge is 2.14. The van der Waals surface area contributed by atoms with E-state index >= 15 is 0 Å². The summed E-state index contributed by atoms with van der Waals surface area (Å²) in [6.45, 7) is 2.82. The molecule has 0 saturated heterocycles. The van der Waals surface area contributed by atoms with Crippen LogP contribution in [0.5, 0.6) is 0 Å². The summed E-state index contributed by atoms with van der Waals surface area (Å²) in [6, 6.07) is 16.5. The van der Waals surface area contributed by atoms with E-state index in [0.717, 1.165) is 24.8 Å². The lowest BCUT2D eigenvalue weighted by Gasteiger charge is -2.29. The molecular formula is C15H15ClN2. The van der Waals surface area contributed by atoms with Crippen molar-refractivity contribution >= 4 is 17.3 Å². The Balaban J connectivity index is 1.71. The number of benzene rings is 2. The summed E-state index contributed by atoms with van der Waals surface area (Å²) in [6.07, 6.45) is 0. The zero-order chi connectivity index (χ0) is 12.4. The van der Waals surface area contributed by atoms with Crippen LogP contribution in [0, 0.1) is 0 Å². The smallest absolute Gasteiger partial charge is 0.0684 e. The Hall–Kier alpha value is -1.51. The highest BCUT2D eigenvalue weighted by atomic mass is 35.5. The van der Waals surface area contributed by atoms with Crippen LogP contribution in [0.1, 0.15) is 11.1 Å². The van der Waals surface area contributed by atoms with Crippen LogP contribution in [0.15, 0.2) is 48.5 Å². The molecule has 3 rings (SSSR count). The molecule has 1 aliphatic rings. The fraction of sp³-hybridized carbons (Fsp3) is 0.200. The Morgan fingerprint density at radius 2 is 1.83 bits per heavy atom. The van der Waals surface area contributed by atoms with E-state index in [1.54, 1.807) is 0 Å². The van der Waals surface area contributed by atoms with Crippen molar-refractivity contribution in [1.29, 1.82) is 0 Å². The molecule has 3 heteroatoms. The van der Waals surface area contributed by atoms with Gasteiger partial charge in [-0.2, -0.15) is 0 Å². The topological polar surface area (TPSA) is 15.3 Å². The normalized spacial score (nSPS) is 14.9. The summed E-state index contributed by atoms with van der Waals surface area (Å²) in [5, 5.41) is 4.24. The standard InChI is InChI=1S/C15H15ClN2/c16-14-7-5-12(6-8-14)9-18-10-13-3-1-2-4-15(13)17-11-18/h1-8,17H,9-11H2. The van der Waals surface area contributed by atoms with E-state index in [1.165, 1.54) is 16.8 Å². The molecule has 18 heavy (non-hydrogen) atoms. The summed E-state index contributed by atoms with van der Waals surface area (Å²) in [4.78, 5) is 2.38. The van der Waals surface area contributed by atoms with E-state index in [9.17, 15) is 0 Å². The third-order valence-electron chi connectivity index (χ3n) is 3.22. The van der Waals surface area contributed by atoms with E-state index in [0.29, 0.717) is 0 Å². The zero-order valence-electron chi connectivity index (χ0n) is 10.1. The fourth-order valence-corrected chi connectivity index (χ4v) is 2.41. The van der Waals surface area contributed by atoms with Crippen molar-refractivity contribution < 1.29 is 0 Å². The fourth-order valence-electron chi connectivity index (χ4n) is 2.28. The Labute approximate surface area is 112 Å². The average Bonchev–Trinajstić information content (AvgIpc) is 2.41. The molecule has 2 nitrogen and oxygen atoms in total. The van der Waals surface area contributed by atoms with Gasteiger partial charge in [-0.15, -0.1) is 0 Å². The number of hydrogen-bond acceptors (Lipinski definition) is 2. The van der Waals surface area contributed by atoms with Gasteiger partial charge < -0.3 is 5.32 Å². The van der Waals surface area contributed by atoms with Crippen LogP contribution in [-0.2, 0) is 13.1 Å². The van der Waals surface area contributed by atoms with Crippen molar-refractivity contribution in [3.05, 3.63) is 64.7 Å². The maximum atomic E-state index is 5.90. The third-order valence-corrected chi connectivity index (χ3v) is 3.48. The van der Waals surface area contributed by atoms with Crippen molar-refractivity contribution in [3.63, 3.8) is 0 Å². The van der Waals surface area contributed by atoms with Crippen LogP contribution in [0.25, 0.3) is 0 Å². The average molecular weight is 259 g/mol. The summed E-state index contributed by atoms with van der Waals surface area (Å²) < 4.78 is 0. The summed E-state index contributed by atoms with van der Waals surface area (Å²) in [5.74, 6) is 0. The highest BCUT2D eigenvalue weighted by molar-refractivity contribution is 6.30. The number of nitrogens with zero attached hydrogens (tertiary/aromatic N) is 1. The molecule has 0 bridgehead atoms. The first-order chi connectivity index (χ1) is 8.81. The molecule has 0 saturated carbocycles. The van der Waals surface area contributed by atoms with E-state index in [4.69, 9.17) is 11.6 Å². The molecule has 0 unspecified atom stereocenters. The Morgan fingerprint density at radius 3 is 2.67 bits per heavy atom. The van der Waals surface area contributed by atoms with Gasteiger partial charge in [-0.1, -0.05) is 41.9 Å². The molecule has 0 aromatic heterocycles. The molecule has 0 fully saturated rings. The van der Waals surface area contributed by atoms with E-state index in [1.807, 2.05) is 12.1 Å². The van der Waals surface area contributed by atoms with Crippen molar-refractivity contribution in [2.75, 3.05) is 12.0 Å². The van der Waals surface area contributed by atoms with Gasteiger partial charge in [-0.3, -0.25) is 4.90 Å². The molecule has 0 amide bonds. The second-order valence-electron chi connectivity index (χ2n) is 4.61. The molecule has 1 N–H and O–H groups in total. The van der Waals surface area contributed by atoms with Gasteiger partial charge in [0.05, 0.1) is 6.67 Å². The lowest BCUT2D eigenvalue weighted by Crippen LogP contribution is -2.32. The quantitative estimate of drug-likeness (QED) is 0.883. The maximum Gasteiger partial charge on any atom is 0.0684 e. The summed E-state index contributed by atoms with van der Waals surface area (Å²) in [5.41, 5.74) is 3.91. The number of fused-ring (bicyclic) bond motifs is 1. The number of anilines is 1. The Kier molecular flexibility index (Phi) is 3.22. The van der Waals surface area contributed by atoms with Gasteiger partial charge in [0, 0.05) is 23.8 Å².